The molecule has 4 nitrogen and oxygen atoms in total. The maximum absolute atomic E-state index is 12.5. The van der Waals surface area contributed by atoms with Gasteiger partial charge in [-0.3, -0.25) is 9.59 Å². The number of rotatable bonds is 3. The molecule has 1 N–H and O–H groups in total. The molecule has 0 radical (unpaired) electrons. The van der Waals surface area contributed by atoms with E-state index < -0.39 is 0 Å². The van der Waals surface area contributed by atoms with E-state index in [1.54, 1.807) is 4.90 Å². The van der Waals surface area contributed by atoms with E-state index in [1.807, 2.05) is 63.2 Å². The molecule has 2 amide bonds. The van der Waals surface area contributed by atoms with Crippen molar-refractivity contribution in [2.24, 2.45) is 5.92 Å². The van der Waals surface area contributed by atoms with Gasteiger partial charge in [-0.25, -0.2) is 0 Å². The Morgan fingerprint density at radius 1 is 1.04 bits per heavy atom. The number of carbonyl (C=O) groups is 2. The van der Waals surface area contributed by atoms with E-state index in [0.717, 1.165) is 22.5 Å². The fourth-order valence-corrected chi connectivity index (χ4v) is 2.91. The van der Waals surface area contributed by atoms with Gasteiger partial charge < -0.3 is 10.2 Å². The zero-order chi connectivity index (χ0) is 17.3. The van der Waals surface area contributed by atoms with E-state index in [4.69, 9.17) is 0 Å². The third-order valence-electron chi connectivity index (χ3n) is 4.62. The van der Waals surface area contributed by atoms with Crippen LogP contribution in [0.15, 0.2) is 42.5 Å². The lowest BCUT2D eigenvalue weighted by Gasteiger charge is -2.18. The van der Waals surface area contributed by atoms with E-state index in [1.165, 1.54) is 5.56 Å². The monoisotopic (exact) mass is 322 g/mol. The summed E-state index contributed by atoms with van der Waals surface area (Å²) < 4.78 is 0. The predicted molar refractivity (Wildman–Crippen MR) is 96.2 cm³/mol. The van der Waals surface area contributed by atoms with Crippen LogP contribution in [0.3, 0.4) is 0 Å². The summed E-state index contributed by atoms with van der Waals surface area (Å²) in [4.78, 5) is 26.5. The first-order chi connectivity index (χ1) is 11.4. The molecule has 2 aromatic rings. The van der Waals surface area contributed by atoms with E-state index in [0.29, 0.717) is 6.54 Å². The second-order valence-corrected chi connectivity index (χ2v) is 6.53. The van der Waals surface area contributed by atoms with Gasteiger partial charge in [0.05, 0.1) is 5.92 Å². The number of benzene rings is 2. The van der Waals surface area contributed by atoms with E-state index in [-0.39, 0.29) is 24.2 Å². The summed E-state index contributed by atoms with van der Waals surface area (Å²) in [5, 5.41) is 2.91. The smallest absolute Gasteiger partial charge is 0.229 e. The molecule has 3 rings (SSSR count). The summed E-state index contributed by atoms with van der Waals surface area (Å²) >= 11 is 0. The maximum Gasteiger partial charge on any atom is 0.229 e. The van der Waals surface area contributed by atoms with Gasteiger partial charge in [0.15, 0.2) is 0 Å². The third-order valence-corrected chi connectivity index (χ3v) is 4.62. The summed E-state index contributed by atoms with van der Waals surface area (Å²) in [7, 11) is 0. The second-order valence-electron chi connectivity index (χ2n) is 6.53. The van der Waals surface area contributed by atoms with Gasteiger partial charge in [-0.05, 0) is 56.2 Å². The lowest BCUT2D eigenvalue weighted by atomic mass is 10.1. The number of hydrogen-bond acceptors (Lipinski definition) is 2. The van der Waals surface area contributed by atoms with Crippen molar-refractivity contribution in [3.05, 3.63) is 59.2 Å². The van der Waals surface area contributed by atoms with Gasteiger partial charge in [0.2, 0.25) is 11.8 Å². The number of hydrogen-bond donors (Lipinski definition) is 1. The number of carbonyl (C=O) groups excluding carboxylic acids is 2. The van der Waals surface area contributed by atoms with Gasteiger partial charge in [0.1, 0.15) is 0 Å². The number of amides is 2. The Morgan fingerprint density at radius 2 is 1.75 bits per heavy atom. The zero-order valence-electron chi connectivity index (χ0n) is 14.3. The van der Waals surface area contributed by atoms with Gasteiger partial charge in [-0.1, -0.05) is 23.8 Å². The summed E-state index contributed by atoms with van der Waals surface area (Å²) in [6, 6.07) is 13.6. The molecule has 1 heterocycles. The van der Waals surface area contributed by atoms with Gasteiger partial charge in [0.25, 0.3) is 0 Å². The van der Waals surface area contributed by atoms with Crippen LogP contribution in [0.4, 0.5) is 11.4 Å². The Morgan fingerprint density at radius 3 is 2.42 bits per heavy atom. The van der Waals surface area contributed by atoms with Crippen LogP contribution in [0, 0.1) is 26.7 Å². The average Bonchev–Trinajstić information content (AvgIpc) is 2.94. The number of anilines is 2. The zero-order valence-corrected chi connectivity index (χ0v) is 14.3. The maximum atomic E-state index is 12.5. The van der Waals surface area contributed by atoms with Crippen LogP contribution in [0.5, 0.6) is 0 Å². The first-order valence-corrected chi connectivity index (χ1v) is 8.19. The molecule has 0 aliphatic carbocycles. The molecule has 2 aromatic carbocycles. The third kappa shape index (κ3) is 3.32. The highest BCUT2D eigenvalue weighted by atomic mass is 16.2. The van der Waals surface area contributed by atoms with Crippen LogP contribution in [0.1, 0.15) is 23.1 Å². The summed E-state index contributed by atoms with van der Waals surface area (Å²) in [6.45, 7) is 6.51. The van der Waals surface area contributed by atoms with E-state index >= 15 is 0 Å². The fraction of sp³-hybridized carbons (Fsp3) is 0.300. The molecule has 0 aromatic heterocycles. The standard InChI is InChI=1S/C20H22N2O2/c1-13-4-7-17(8-5-13)21-20(24)16-11-19(23)22(12-16)18-9-6-14(2)15(3)10-18/h4-10,16H,11-12H2,1-3H3,(H,21,24). The van der Waals surface area contributed by atoms with E-state index in [2.05, 4.69) is 5.32 Å². The summed E-state index contributed by atoms with van der Waals surface area (Å²) in [5.74, 6) is -0.416. The molecule has 24 heavy (non-hydrogen) atoms. The minimum atomic E-state index is -0.319. The number of aryl methyl sites for hydroxylation is 3. The number of nitrogens with one attached hydrogen (secondary N) is 1. The molecule has 0 bridgehead atoms. The van der Waals surface area contributed by atoms with Gasteiger partial charge in [0, 0.05) is 24.3 Å². The lowest BCUT2D eigenvalue weighted by Crippen LogP contribution is -2.28. The molecule has 1 aliphatic rings. The molecule has 1 aliphatic heterocycles. The van der Waals surface area contributed by atoms with Crippen molar-refractivity contribution in [3.63, 3.8) is 0 Å². The first kappa shape index (κ1) is 16.2. The Kier molecular flexibility index (Phi) is 4.38. The highest BCUT2D eigenvalue weighted by Crippen LogP contribution is 2.27. The molecule has 0 saturated carbocycles. The predicted octanol–water partition coefficient (Wildman–Crippen LogP) is 3.60. The Labute approximate surface area is 142 Å². The van der Waals surface area contributed by atoms with Crippen LogP contribution in [-0.4, -0.2) is 18.4 Å². The van der Waals surface area contributed by atoms with Crippen LogP contribution >= 0.6 is 0 Å². The Hall–Kier alpha value is -2.62. The highest BCUT2D eigenvalue weighted by molar-refractivity contribution is 6.03. The molecule has 124 valence electrons. The molecule has 1 atom stereocenters. The first-order valence-electron chi connectivity index (χ1n) is 8.19. The van der Waals surface area contributed by atoms with Crippen molar-refractivity contribution >= 4 is 23.2 Å². The van der Waals surface area contributed by atoms with Crippen molar-refractivity contribution in [2.75, 3.05) is 16.8 Å². The molecule has 0 spiro atoms. The van der Waals surface area contributed by atoms with Crippen molar-refractivity contribution in [1.29, 1.82) is 0 Å². The SMILES string of the molecule is Cc1ccc(NC(=O)C2CC(=O)N(c3ccc(C)c(C)c3)C2)cc1. The van der Waals surface area contributed by atoms with Crippen molar-refractivity contribution in [3.8, 4) is 0 Å². The summed E-state index contributed by atoms with van der Waals surface area (Å²) in [6.07, 6.45) is 0.255. The second kappa shape index (κ2) is 6.48. The lowest BCUT2D eigenvalue weighted by molar-refractivity contribution is -0.122. The minimum absolute atomic E-state index is 0.00214. The van der Waals surface area contributed by atoms with Crippen molar-refractivity contribution in [1.82, 2.24) is 0 Å². The quantitative estimate of drug-likeness (QED) is 0.938. The molecule has 1 unspecified atom stereocenters. The molecular formula is C20H22N2O2. The van der Waals surface area contributed by atoms with Crippen LogP contribution in [-0.2, 0) is 9.59 Å². The molecule has 1 saturated heterocycles. The van der Waals surface area contributed by atoms with Gasteiger partial charge in [-0.2, -0.15) is 0 Å². The topological polar surface area (TPSA) is 49.4 Å². The average molecular weight is 322 g/mol. The fourth-order valence-electron chi connectivity index (χ4n) is 2.91. The minimum Gasteiger partial charge on any atom is -0.326 e. The van der Waals surface area contributed by atoms with Gasteiger partial charge >= 0.3 is 0 Å². The van der Waals surface area contributed by atoms with Crippen LogP contribution < -0.4 is 10.2 Å². The van der Waals surface area contributed by atoms with Crippen LogP contribution in [0.25, 0.3) is 0 Å². The highest BCUT2D eigenvalue weighted by Gasteiger charge is 2.35. The van der Waals surface area contributed by atoms with E-state index in [9.17, 15) is 9.59 Å². The number of nitrogens with zero attached hydrogens (tertiary/aromatic N) is 1. The molecular weight excluding hydrogens is 300 g/mol. The Bertz CT molecular complexity index is 781. The van der Waals surface area contributed by atoms with Crippen molar-refractivity contribution < 1.29 is 9.59 Å². The normalized spacial score (nSPS) is 17.2. The molecule has 4 heteroatoms. The van der Waals surface area contributed by atoms with Crippen molar-refractivity contribution in [2.45, 2.75) is 27.2 Å². The largest absolute Gasteiger partial charge is 0.326 e. The Balaban J connectivity index is 1.70. The van der Waals surface area contributed by atoms with Gasteiger partial charge in [-0.15, -0.1) is 0 Å². The summed E-state index contributed by atoms with van der Waals surface area (Å²) in [5.41, 5.74) is 5.12. The molecule has 1 fully saturated rings. The van der Waals surface area contributed by atoms with Crippen LogP contribution in [0.2, 0.25) is 0 Å².